The van der Waals surface area contributed by atoms with Crippen molar-refractivity contribution in [2.75, 3.05) is 36.8 Å². The van der Waals surface area contributed by atoms with Gasteiger partial charge in [-0.3, -0.25) is 14.9 Å². The molecular weight excluding hydrogens is 409 g/mol. The smallest absolute Gasteiger partial charge is 0.362 e. The van der Waals surface area contributed by atoms with Gasteiger partial charge in [-0.2, -0.15) is 13.2 Å². The van der Waals surface area contributed by atoms with Gasteiger partial charge >= 0.3 is 6.18 Å². The minimum absolute atomic E-state index is 0.0243. The fraction of sp³-hybridized carbons (Fsp3) is 0.333. The number of hydrogen-bond donors (Lipinski definition) is 0. The number of nitro benzene ring substituents is 1. The first kappa shape index (κ1) is 20.9. The first-order valence-electron chi connectivity index (χ1n) is 8.68. The molecule has 0 saturated carbocycles. The second-order valence-electron chi connectivity index (χ2n) is 6.29. The number of para-hydroxylation sites is 2. The summed E-state index contributed by atoms with van der Waals surface area (Å²) in [6.07, 6.45) is -3.70. The summed E-state index contributed by atoms with van der Waals surface area (Å²) in [6, 6.07) is 8.64. The average molecular weight is 426 g/mol. The maximum atomic E-state index is 12.6. The summed E-state index contributed by atoms with van der Waals surface area (Å²) in [5.41, 5.74) is -0.288. The number of halogens is 3. The van der Waals surface area contributed by atoms with Crippen LogP contribution in [0.25, 0.3) is 0 Å². The zero-order chi connectivity index (χ0) is 21.0. The molecule has 2 aromatic rings. The molecule has 154 valence electrons. The molecule has 1 aromatic heterocycles. The molecule has 0 N–H and O–H groups in total. The van der Waals surface area contributed by atoms with E-state index < -0.39 is 16.7 Å². The fourth-order valence-electron chi connectivity index (χ4n) is 2.94. The van der Waals surface area contributed by atoms with E-state index in [1.807, 2.05) is 4.90 Å². The van der Waals surface area contributed by atoms with Crippen molar-refractivity contribution in [3.8, 4) is 0 Å². The molecule has 2 heterocycles. The Kier molecular flexibility index (Phi) is 6.26. The van der Waals surface area contributed by atoms with E-state index in [1.165, 1.54) is 12.1 Å². The Morgan fingerprint density at radius 2 is 1.83 bits per heavy atom. The second-order valence-corrected chi connectivity index (χ2v) is 7.28. The summed E-state index contributed by atoms with van der Waals surface area (Å²) in [7, 11) is 0. The van der Waals surface area contributed by atoms with E-state index in [1.54, 1.807) is 23.1 Å². The maximum Gasteiger partial charge on any atom is 0.417 e. The number of hydrogen-bond acceptors (Lipinski definition) is 6. The molecule has 0 bridgehead atoms. The van der Waals surface area contributed by atoms with Gasteiger partial charge < -0.3 is 9.80 Å². The van der Waals surface area contributed by atoms with E-state index in [2.05, 4.69) is 4.98 Å². The van der Waals surface area contributed by atoms with Gasteiger partial charge in [0, 0.05) is 38.4 Å². The van der Waals surface area contributed by atoms with Crippen molar-refractivity contribution < 1.29 is 22.9 Å². The monoisotopic (exact) mass is 426 g/mol. The Balaban J connectivity index is 1.52. The van der Waals surface area contributed by atoms with Crippen LogP contribution in [0, 0.1) is 10.1 Å². The number of pyridine rings is 1. The number of nitro groups is 1. The van der Waals surface area contributed by atoms with Crippen LogP contribution in [0.1, 0.15) is 5.56 Å². The standard InChI is InChI=1S/C18H17F3N4O3S/c19-18(20,21)13-5-6-16(22-11-13)29-12-17(26)24-9-7-23(8-10-24)14-3-1-2-4-15(14)25(27)28/h1-6,11H,7-10,12H2. The zero-order valence-electron chi connectivity index (χ0n) is 15.1. The van der Waals surface area contributed by atoms with E-state index in [4.69, 9.17) is 0 Å². The molecule has 29 heavy (non-hydrogen) atoms. The quantitative estimate of drug-likeness (QED) is 0.414. The van der Waals surface area contributed by atoms with Gasteiger partial charge in [-0.15, -0.1) is 0 Å². The highest BCUT2D eigenvalue weighted by Crippen LogP contribution is 2.30. The number of amides is 1. The van der Waals surface area contributed by atoms with Crippen LogP contribution in [-0.2, 0) is 11.0 Å². The van der Waals surface area contributed by atoms with Crippen LogP contribution in [-0.4, -0.2) is 52.6 Å². The van der Waals surface area contributed by atoms with Gasteiger partial charge in [-0.05, 0) is 18.2 Å². The number of benzene rings is 1. The minimum Gasteiger partial charge on any atom is -0.362 e. The molecule has 0 radical (unpaired) electrons. The number of rotatable bonds is 5. The number of carbonyl (C=O) groups is 1. The number of carbonyl (C=O) groups excluding carboxylic acids is 1. The summed E-state index contributed by atoms with van der Waals surface area (Å²) >= 11 is 1.07. The Morgan fingerprint density at radius 1 is 1.14 bits per heavy atom. The lowest BCUT2D eigenvalue weighted by Crippen LogP contribution is -2.49. The SMILES string of the molecule is O=C(CSc1ccc(C(F)(F)F)cn1)N1CCN(c2ccccc2[N+](=O)[O-])CC1. The van der Waals surface area contributed by atoms with Crippen molar-refractivity contribution >= 4 is 29.0 Å². The molecule has 1 aliphatic rings. The van der Waals surface area contributed by atoms with Gasteiger partial charge in [0.25, 0.3) is 5.69 Å². The number of piperazine rings is 1. The third kappa shape index (κ3) is 5.17. The van der Waals surface area contributed by atoms with E-state index in [9.17, 15) is 28.1 Å². The molecule has 1 saturated heterocycles. The number of nitrogens with zero attached hydrogens (tertiary/aromatic N) is 4. The van der Waals surface area contributed by atoms with Gasteiger partial charge in [-0.25, -0.2) is 4.98 Å². The van der Waals surface area contributed by atoms with Crippen LogP contribution in [0.4, 0.5) is 24.5 Å². The summed E-state index contributed by atoms with van der Waals surface area (Å²) in [5.74, 6) is -0.0944. The van der Waals surface area contributed by atoms with Crippen molar-refractivity contribution in [3.05, 3.63) is 58.3 Å². The van der Waals surface area contributed by atoms with Crippen molar-refractivity contribution in [1.82, 2.24) is 9.88 Å². The van der Waals surface area contributed by atoms with Gasteiger partial charge in [-0.1, -0.05) is 23.9 Å². The van der Waals surface area contributed by atoms with Crippen LogP contribution in [0.15, 0.2) is 47.6 Å². The number of anilines is 1. The van der Waals surface area contributed by atoms with E-state index in [0.717, 1.165) is 24.0 Å². The largest absolute Gasteiger partial charge is 0.417 e. The summed E-state index contributed by atoms with van der Waals surface area (Å²) in [5, 5.41) is 11.5. The van der Waals surface area contributed by atoms with Crippen LogP contribution in [0.2, 0.25) is 0 Å². The molecule has 0 spiro atoms. The van der Waals surface area contributed by atoms with Crippen LogP contribution >= 0.6 is 11.8 Å². The normalized spacial score (nSPS) is 14.7. The van der Waals surface area contributed by atoms with E-state index in [-0.39, 0.29) is 17.3 Å². The average Bonchev–Trinajstić information content (AvgIpc) is 2.71. The lowest BCUT2D eigenvalue weighted by molar-refractivity contribution is -0.384. The van der Waals surface area contributed by atoms with Crippen LogP contribution in [0.3, 0.4) is 0 Å². The molecule has 1 aliphatic heterocycles. The Hall–Kier alpha value is -2.82. The molecule has 11 heteroatoms. The highest BCUT2D eigenvalue weighted by molar-refractivity contribution is 7.99. The Bertz CT molecular complexity index is 885. The number of thioether (sulfide) groups is 1. The van der Waals surface area contributed by atoms with Gasteiger partial charge in [0.15, 0.2) is 0 Å². The number of aromatic nitrogens is 1. The number of alkyl halides is 3. The first-order chi connectivity index (χ1) is 13.8. The van der Waals surface area contributed by atoms with E-state index in [0.29, 0.717) is 36.9 Å². The molecule has 1 amide bonds. The Labute approximate surface area is 168 Å². The molecule has 3 rings (SSSR count). The molecule has 0 unspecified atom stereocenters. The fourth-order valence-corrected chi connectivity index (χ4v) is 3.69. The molecule has 7 nitrogen and oxygen atoms in total. The van der Waals surface area contributed by atoms with Crippen molar-refractivity contribution in [2.24, 2.45) is 0 Å². The summed E-state index contributed by atoms with van der Waals surface area (Å²) in [6.45, 7) is 1.73. The third-order valence-electron chi connectivity index (χ3n) is 4.46. The first-order valence-corrected chi connectivity index (χ1v) is 9.66. The lowest BCUT2D eigenvalue weighted by atomic mass is 10.2. The molecule has 1 aromatic carbocycles. The predicted octanol–water partition coefficient (Wildman–Crippen LogP) is 3.45. The van der Waals surface area contributed by atoms with Gasteiger partial charge in [0.1, 0.15) is 5.69 Å². The predicted molar refractivity (Wildman–Crippen MR) is 102 cm³/mol. The van der Waals surface area contributed by atoms with Gasteiger partial charge in [0.05, 0.1) is 21.3 Å². The highest BCUT2D eigenvalue weighted by atomic mass is 32.2. The minimum atomic E-state index is -4.44. The molecule has 1 fully saturated rings. The summed E-state index contributed by atoms with van der Waals surface area (Å²) in [4.78, 5) is 30.4. The molecule has 0 aliphatic carbocycles. The topological polar surface area (TPSA) is 79.6 Å². The van der Waals surface area contributed by atoms with Crippen molar-refractivity contribution in [1.29, 1.82) is 0 Å². The van der Waals surface area contributed by atoms with Crippen LogP contribution < -0.4 is 4.90 Å². The van der Waals surface area contributed by atoms with Crippen molar-refractivity contribution in [3.63, 3.8) is 0 Å². The maximum absolute atomic E-state index is 12.6. The zero-order valence-corrected chi connectivity index (χ0v) is 15.9. The molecule has 0 atom stereocenters. The van der Waals surface area contributed by atoms with Crippen molar-refractivity contribution in [2.45, 2.75) is 11.2 Å². The Morgan fingerprint density at radius 3 is 2.41 bits per heavy atom. The summed E-state index contributed by atoms with van der Waals surface area (Å²) < 4.78 is 37.7. The van der Waals surface area contributed by atoms with E-state index >= 15 is 0 Å². The third-order valence-corrected chi connectivity index (χ3v) is 5.39. The second kappa shape index (κ2) is 8.68. The highest BCUT2D eigenvalue weighted by Gasteiger charge is 2.31. The van der Waals surface area contributed by atoms with Crippen LogP contribution in [0.5, 0.6) is 0 Å². The lowest BCUT2D eigenvalue weighted by Gasteiger charge is -2.35. The molecular formula is C18H17F3N4O3S. The van der Waals surface area contributed by atoms with Gasteiger partial charge in [0.2, 0.25) is 5.91 Å².